The number of fused-ring (bicyclic) bond motifs is 1. The van der Waals surface area contributed by atoms with E-state index in [1.165, 1.54) is 11.8 Å². The Morgan fingerprint density at radius 1 is 1.00 bits per heavy atom. The van der Waals surface area contributed by atoms with Gasteiger partial charge in [-0.3, -0.25) is 4.57 Å². The summed E-state index contributed by atoms with van der Waals surface area (Å²) in [5, 5.41) is 22.8. The summed E-state index contributed by atoms with van der Waals surface area (Å²) in [5.41, 5.74) is -0.949. The molecule has 0 aliphatic rings. The van der Waals surface area contributed by atoms with Crippen LogP contribution in [0.2, 0.25) is 0 Å². The monoisotopic (exact) mass is 426 g/mol. The first-order chi connectivity index (χ1) is 14.0. The number of carboxylic acids is 1. The SMILES string of the molecule is O=PCC(O)(C(=O)O)C(CCc1ccccc1)CSc1cccc2ccccc12. The molecule has 3 rings (SSSR count). The highest BCUT2D eigenvalue weighted by atomic mass is 32.2. The largest absolute Gasteiger partial charge is 0.479 e. The van der Waals surface area contributed by atoms with Gasteiger partial charge in [0.15, 0.2) is 14.1 Å². The number of rotatable bonds is 10. The van der Waals surface area contributed by atoms with Crippen molar-refractivity contribution in [2.45, 2.75) is 23.3 Å². The van der Waals surface area contributed by atoms with Gasteiger partial charge in [-0.1, -0.05) is 66.7 Å². The van der Waals surface area contributed by atoms with Gasteiger partial charge in [0.1, 0.15) is 0 Å². The Hall–Kier alpha value is -2.20. The molecule has 29 heavy (non-hydrogen) atoms. The molecule has 4 nitrogen and oxygen atoms in total. The second-order valence-electron chi connectivity index (χ2n) is 7.03. The number of aryl methyl sites for hydroxylation is 1. The highest BCUT2D eigenvalue weighted by Gasteiger charge is 2.44. The first kappa shape index (κ1) is 21.5. The van der Waals surface area contributed by atoms with Crippen molar-refractivity contribution in [2.75, 3.05) is 11.9 Å². The fourth-order valence-electron chi connectivity index (χ4n) is 3.43. The molecule has 0 radical (unpaired) electrons. The van der Waals surface area contributed by atoms with Crippen LogP contribution in [0.1, 0.15) is 12.0 Å². The third-order valence-electron chi connectivity index (χ3n) is 5.17. The molecule has 150 valence electrons. The molecule has 3 aromatic carbocycles. The zero-order valence-electron chi connectivity index (χ0n) is 15.9. The average molecular weight is 426 g/mol. The first-order valence-corrected chi connectivity index (χ1v) is 11.4. The number of aliphatic carboxylic acids is 1. The maximum Gasteiger partial charge on any atom is 0.336 e. The quantitative estimate of drug-likeness (QED) is 0.340. The van der Waals surface area contributed by atoms with Gasteiger partial charge in [-0.05, 0) is 35.2 Å². The molecule has 0 spiro atoms. The Kier molecular flexibility index (Phi) is 7.43. The molecule has 0 heterocycles. The predicted octanol–water partition coefficient (Wildman–Crippen LogP) is 5.29. The van der Waals surface area contributed by atoms with Gasteiger partial charge in [0.25, 0.3) is 0 Å². The average Bonchev–Trinajstić information content (AvgIpc) is 2.74. The Bertz CT molecular complexity index is 974. The van der Waals surface area contributed by atoms with Crippen molar-refractivity contribution in [3.63, 3.8) is 0 Å². The van der Waals surface area contributed by atoms with E-state index in [1.54, 1.807) is 0 Å². The zero-order chi connectivity index (χ0) is 20.7. The molecule has 2 N–H and O–H groups in total. The molecule has 0 aliphatic heterocycles. The molecule has 2 atom stereocenters. The third-order valence-corrected chi connectivity index (χ3v) is 7.01. The Labute approximate surface area is 176 Å². The van der Waals surface area contributed by atoms with E-state index in [2.05, 4.69) is 0 Å². The Balaban J connectivity index is 1.83. The van der Waals surface area contributed by atoms with Crippen LogP contribution >= 0.6 is 20.2 Å². The number of carboxylic acid groups (broad SMARTS) is 1. The molecular weight excluding hydrogens is 403 g/mol. The van der Waals surface area contributed by atoms with Gasteiger partial charge in [-0.15, -0.1) is 11.8 Å². The lowest BCUT2D eigenvalue weighted by atomic mass is 9.85. The van der Waals surface area contributed by atoms with Crippen LogP contribution in [0.5, 0.6) is 0 Å². The van der Waals surface area contributed by atoms with Crippen molar-refractivity contribution in [3.8, 4) is 0 Å². The molecule has 6 heteroatoms. The summed E-state index contributed by atoms with van der Waals surface area (Å²) in [6.45, 7) is 0. The van der Waals surface area contributed by atoms with Crippen LogP contribution in [0, 0.1) is 5.92 Å². The smallest absolute Gasteiger partial charge is 0.336 e. The molecule has 0 saturated carbocycles. The van der Waals surface area contributed by atoms with E-state index in [-0.39, 0.29) is 14.6 Å². The number of hydrogen-bond donors (Lipinski definition) is 2. The van der Waals surface area contributed by atoms with Crippen molar-refractivity contribution in [3.05, 3.63) is 78.4 Å². The minimum absolute atomic E-state index is 0.322. The van der Waals surface area contributed by atoms with Crippen LogP contribution in [0.4, 0.5) is 0 Å². The zero-order valence-corrected chi connectivity index (χ0v) is 17.6. The van der Waals surface area contributed by atoms with E-state index in [0.29, 0.717) is 18.6 Å². The fraction of sp³-hybridized carbons (Fsp3) is 0.261. The number of aliphatic hydroxyl groups is 1. The van der Waals surface area contributed by atoms with Crippen molar-refractivity contribution in [1.29, 1.82) is 0 Å². The van der Waals surface area contributed by atoms with Gasteiger partial charge >= 0.3 is 5.97 Å². The molecule has 0 bridgehead atoms. The summed E-state index contributed by atoms with van der Waals surface area (Å²) < 4.78 is 11.2. The Morgan fingerprint density at radius 2 is 1.69 bits per heavy atom. The topological polar surface area (TPSA) is 74.6 Å². The maximum absolute atomic E-state index is 11.9. The minimum atomic E-state index is -2.03. The van der Waals surface area contributed by atoms with Crippen LogP contribution in [-0.4, -0.2) is 33.7 Å². The van der Waals surface area contributed by atoms with Crippen LogP contribution in [-0.2, 0) is 15.8 Å². The summed E-state index contributed by atoms with van der Waals surface area (Å²) in [4.78, 5) is 12.9. The lowest BCUT2D eigenvalue weighted by Gasteiger charge is -2.31. The predicted molar refractivity (Wildman–Crippen MR) is 118 cm³/mol. The highest BCUT2D eigenvalue weighted by molar-refractivity contribution is 7.99. The normalized spacial score (nSPS) is 14.5. The Morgan fingerprint density at radius 3 is 2.41 bits per heavy atom. The van der Waals surface area contributed by atoms with Crippen molar-refractivity contribution in [1.82, 2.24) is 0 Å². The van der Waals surface area contributed by atoms with Gasteiger partial charge < -0.3 is 10.2 Å². The van der Waals surface area contributed by atoms with Gasteiger partial charge in [-0.25, -0.2) is 4.79 Å². The van der Waals surface area contributed by atoms with E-state index >= 15 is 0 Å². The number of benzene rings is 3. The summed E-state index contributed by atoms with van der Waals surface area (Å²) in [6, 6.07) is 23.8. The van der Waals surface area contributed by atoms with E-state index in [9.17, 15) is 19.6 Å². The molecule has 0 fully saturated rings. The van der Waals surface area contributed by atoms with Gasteiger partial charge in [0.2, 0.25) is 0 Å². The van der Waals surface area contributed by atoms with Crippen LogP contribution in [0.25, 0.3) is 10.8 Å². The highest BCUT2D eigenvalue weighted by Crippen LogP contribution is 2.35. The van der Waals surface area contributed by atoms with Crippen LogP contribution in [0.15, 0.2) is 77.7 Å². The van der Waals surface area contributed by atoms with E-state index in [1.807, 2.05) is 72.8 Å². The van der Waals surface area contributed by atoms with Crippen molar-refractivity contribution < 1.29 is 19.6 Å². The lowest BCUT2D eigenvalue weighted by molar-refractivity contribution is -0.161. The van der Waals surface area contributed by atoms with Crippen LogP contribution in [0.3, 0.4) is 0 Å². The van der Waals surface area contributed by atoms with E-state index in [4.69, 9.17) is 0 Å². The molecule has 3 aromatic rings. The summed E-state index contributed by atoms with van der Waals surface area (Å²) in [7, 11) is -0.374. The fourth-order valence-corrected chi connectivity index (χ4v) is 5.36. The summed E-state index contributed by atoms with van der Waals surface area (Å²) >= 11 is 1.53. The van der Waals surface area contributed by atoms with E-state index in [0.717, 1.165) is 21.2 Å². The minimum Gasteiger partial charge on any atom is -0.479 e. The van der Waals surface area contributed by atoms with Gasteiger partial charge in [-0.2, -0.15) is 0 Å². The van der Waals surface area contributed by atoms with Crippen LogP contribution < -0.4 is 0 Å². The molecule has 0 amide bonds. The second kappa shape index (κ2) is 10.0. The van der Waals surface area contributed by atoms with E-state index < -0.39 is 17.5 Å². The summed E-state index contributed by atoms with van der Waals surface area (Å²) in [6.07, 6.45) is 0.810. The molecule has 0 saturated heterocycles. The molecular formula is C23H23O4PS. The molecule has 0 aliphatic carbocycles. The number of thioether (sulfide) groups is 1. The number of hydrogen-bond acceptors (Lipinski definition) is 4. The lowest BCUT2D eigenvalue weighted by Crippen LogP contribution is -2.49. The standard InChI is InChI=1S/C23H23O4PS/c24-22(25)23(26,16-28-27)19(14-13-17-7-2-1-3-8-17)15-29-21-12-6-10-18-9-4-5-11-20(18)21/h1-12,19,26H,13-16H2,(H,24,25). The van der Waals surface area contributed by atoms with Gasteiger partial charge in [0, 0.05) is 16.6 Å². The number of carbonyl (C=O) groups is 1. The second-order valence-corrected chi connectivity index (χ2v) is 8.66. The summed E-state index contributed by atoms with van der Waals surface area (Å²) in [5.74, 6) is -1.46. The maximum atomic E-state index is 11.9. The molecule has 0 aromatic heterocycles. The molecule has 2 unspecified atom stereocenters. The first-order valence-electron chi connectivity index (χ1n) is 9.44. The van der Waals surface area contributed by atoms with Crippen molar-refractivity contribution >= 4 is 37.0 Å². The van der Waals surface area contributed by atoms with Gasteiger partial charge in [0.05, 0.1) is 6.16 Å². The van der Waals surface area contributed by atoms with Crippen molar-refractivity contribution in [2.24, 2.45) is 5.92 Å². The third kappa shape index (κ3) is 5.24.